The van der Waals surface area contributed by atoms with Crippen molar-refractivity contribution in [2.45, 2.75) is 38.5 Å². The van der Waals surface area contributed by atoms with Crippen molar-refractivity contribution in [2.24, 2.45) is 11.8 Å². The minimum absolute atomic E-state index is 0.341. The number of fused-ring (bicyclic) bond motifs is 4. The van der Waals surface area contributed by atoms with Gasteiger partial charge in [-0.1, -0.05) is 11.6 Å². The molecule has 0 radical (unpaired) electrons. The highest BCUT2D eigenvalue weighted by Gasteiger charge is 2.41. The molecule has 0 spiro atoms. The van der Waals surface area contributed by atoms with E-state index in [1.54, 1.807) is 18.3 Å². The molecule has 1 aromatic carbocycles. The number of hydrogen-bond donors (Lipinski definition) is 0. The van der Waals surface area contributed by atoms with Crippen LogP contribution in [0.1, 0.15) is 43.2 Å². The van der Waals surface area contributed by atoms with Crippen molar-refractivity contribution in [2.75, 3.05) is 7.11 Å². The Balaban J connectivity index is 1.78. The number of carbonyl (C=O) groups excluding carboxylic acids is 1. The van der Waals surface area contributed by atoms with Crippen LogP contribution in [0.25, 0.3) is 5.57 Å². The Labute approximate surface area is 119 Å². The maximum atomic E-state index is 12.0. The zero-order chi connectivity index (χ0) is 13.7. The van der Waals surface area contributed by atoms with Crippen molar-refractivity contribution in [1.82, 2.24) is 0 Å². The van der Waals surface area contributed by atoms with Crippen LogP contribution in [0.4, 0.5) is 0 Å². The molecule has 3 aliphatic rings. The van der Waals surface area contributed by atoms with Gasteiger partial charge >= 0.3 is 0 Å². The van der Waals surface area contributed by atoms with Gasteiger partial charge in [-0.05, 0) is 66.9 Å². The molecule has 0 bridgehead atoms. The summed E-state index contributed by atoms with van der Waals surface area (Å²) in [4.78, 5) is 12.0. The molecule has 1 fully saturated rings. The van der Waals surface area contributed by atoms with Crippen LogP contribution in [0.3, 0.4) is 0 Å². The van der Waals surface area contributed by atoms with E-state index in [0.717, 1.165) is 44.3 Å². The molecule has 0 unspecified atom stereocenters. The van der Waals surface area contributed by atoms with Gasteiger partial charge in [0.2, 0.25) is 0 Å². The molecule has 20 heavy (non-hydrogen) atoms. The Hall–Kier alpha value is -1.57. The van der Waals surface area contributed by atoms with Crippen LogP contribution < -0.4 is 4.74 Å². The summed E-state index contributed by atoms with van der Waals surface area (Å²) < 4.78 is 5.34. The van der Waals surface area contributed by atoms with Gasteiger partial charge in [0.05, 0.1) is 7.11 Å². The highest BCUT2D eigenvalue weighted by atomic mass is 16.5. The molecule has 1 aromatic rings. The first-order valence-electron chi connectivity index (χ1n) is 7.70. The van der Waals surface area contributed by atoms with Gasteiger partial charge in [-0.25, -0.2) is 0 Å². The Morgan fingerprint density at radius 2 is 1.90 bits per heavy atom. The lowest BCUT2D eigenvalue weighted by Gasteiger charge is -2.34. The zero-order valence-electron chi connectivity index (χ0n) is 11.9. The molecule has 104 valence electrons. The van der Waals surface area contributed by atoms with Crippen LogP contribution in [0.15, 0.2) is 23.8 Å². The highest BCUT2D eigenvalue weighted by Crippen LogP contribution is 2.50. The third-order valence-electron chi connectivity index (χ3n) is 5.44. The van der Waals surface area contributed by atoms with Crippen LogP contribution in [-0.4, -0.2) is 12.9 Å². The van der Waals surface area contributed by atoms with Crippen LogP contribution in [0.2, 0.25) is 0 Å². The molecule has 0 amide bonds. The Morgan fingerprint density at radius 3 is 2.75 bits per heavy atom. The van der Waals surface area contributed by atoms with Crippen molar-refractivity contribution in [1.29, 1.82) is 0 Å². The lowest BCUT2D eigenvalue weighted by Crippen LogP contribution is -2.24. The second-order valence-electron chi connectivity index (χ2n) is 6.28. The third kappa shape index (κ3) is 1.67. The molecule has 3 aliphatic carbocycles. The number of Topliss-reactive ketones (excluding diaryl/α,β-unsaturated/α-hetero) is 1. The average molecular weight is 268 g/mol. The largest absolute Gasteiger partial charge is 0.497 e. The molecule has 0 aromatic heterocycles. The minimum atomic E-state index is 0.341. The number of ether oxygens (including phenoxy) is 1. The van der Waals surface area contributed by atoms with Gasteiger partial charge < -0.3 is 4.74 Å². The summed E-state index contributed by atoms with van der Waals surface area (Å²) >= 11 is 0. The maximum Gasteiger partial charge on any atom is 0.136 e. The molecular formula is C18H20O2. The van der Waals surface area contributed by atoms with Gasteiger partial charge in [0, 0.05) is 12.3 Å². The van der Waals surface area contributed by atoms with E-state index in [2.05, 4.69) is 18.2 Å². The van der Waals surface area contributed by atoms with E-state index in [0.29, 0.717) is 17.6 Å². The SMILES string of the molecule is COc1ccc2c(c1)CCC1=C2CC[C@@H]2C(=O)CC[C@@H]12. The summed E-state index contributed by atoms with van der Waals surface area (Å²) in [6.45, 7) is 0. The van der Waals surface area contributed by atoms with E-state index in [1.165, 1.54) is 11.1 Å². The van der Waals surface area contributed by atoms with Gasteiger partial charge in [0.1, 0.15) is 11.5 Å². The summed E-state index contributed by atoms with van der Waals surface area (Å²) in [5.74, 6) is 2.37. The highest BCUT2D eigenvalue weighted by molar-refractivity contribution is 5.87. The van der Waals surface area contributed by atoms with Gasteiger partial charge in [-0.3, -0.25) is 4.79 Å². The lowest BCUT2D eigenvalue weighted by molar-refractivity contribution is -0.121. The van der Waals surface area contributed by atoms with Crippen LogP contribution in [0, 0.1) is 11.8 Å². The fourth-order valence-corrected chi connectivity index (χ4v) is 4.48. The van der Waals surface area contributed by atoms with Gasteiger partial charge in [-0.2, -0.15) is 0 Å². The van der Waals surface area contributed by atoms with Crippen molar-refractivity contribution in [3.05, 3.63) is 34.9 Å². The van der Waals surface area contributed by atoms with Gasteiger partial charge in [0.25, 0.3) is 0 Å². The number of allylic oxidation sites excluding steroid dienone is 2. The standard InChI is InChI=1S/C18H20O2/c1-20-12-3-5-13-11(10-12)2-4-15-14(13)6-7-17-16(15)8-9-18(17)19/h3,5,10,16-17H,2,4,6-9H2,1H3/t16-,17-/m0/s1. The monoisotopic (exact) mass is 268 g/mol. The van der Waals surface area contributed by atoms with Gasteiger partial charge in [-0.15, -0.1) is 0 Å². The molecule has 2 nitrogen and oxygen atoms in total. The third-order valence-corrected chi connectivity index (χ3v) is 5.44. The first kappa shape index (κ1) is 12.2. The van der Waals surface area contributed by atoms with E-state index in [4.69, 9.17) is 4.74 Å². The molecule has 1 saturated carbocycles. The van der Waals surface area contributed by atoms with Crippen molar-refractivity contribution in [3.8, 4) is 5.75 Å². The second-order valence-corrected chi connectivity index (χ2v) is 6.28. The summed E-state index contributed by atoms with van der Waals surface area (Å²) in [5.41, 5.74) is 5.99. The number of hydrogen-bond acceptors (Lipinski definition) is 2. The van der Waals surface area contributed by atoms with Crippen molar-refractivity contribution >= 4 is 11.4 Å². The Bertz CT molecular complexity index is 612. The van der Waals surface area contributed by atoms with Crippen LogP contribution >= 0.6 is 0 Å². The number of rotatable bonds is 1. The molecule has 2 atom stereocenters. The van der Waals surface area contributed by atoms with E-state index in [9.17, 15) is 4.79 Å². The summed E-state index contributed by atoms with van der Waals surface area (Å²) in [6.07, 6.45) is 6.29. The quantitative estimate of drug-likeness (QED) is 0.774. The predicted molar refractivity (Wildman–Crippen MR) is 78.7 cm³/mol. The number of methoxy groups -OCH3 is 1. The van der Waals surface area contributed by atoms with E-state index in [1.807, 2.05) is 0 Å². The number of aryl methyl sites for hydroxylation is 1. The van der Waals surface area contributed by atoms with Crippen LogP contribution in [0.5, 0.6) is 5.75 Å². The van der Waals surface area contributed by atoms with E-state index < -0.39 is 0 Å². The zero-order valence-corrected chi connectivity index (χ0v) is 11.9. The predicted octanol–water partition coefficient (Wildman–Crippen LogP) is 3.78. The Morgan fingerprint density at radius 1 is 1.05 bits per heavy atom. The maximum absolute atomic E-state index is 12.0. The van der Waals surface area contributed by atoms with E-state index >= 15 is 0 Å². The topological polar surface area (TPSA) is 26.3 Å². The van der Waals surface area contributed by atoms with Crippen LogP contribution in [-0.2, 0) is 11.2 Å². The molecule has 2 heteroatoms. The number of benzene rings is 1. The molecule has 0 N–H and O–H groups in total. The van der Waals surface area contributed by atoms with Crippen molar-refractivity contribution < 1.29 is 9.53 Å². The fourth-order valence-electron chi connectivity index (χ4n) is 4.48. The molecule has 4 rings (SSSR count). The fraction of sp³-hybridized carbons (Fsp3) is 0.500. The lowest BCUT2D eigenvalue weighted by atomic mass is 9.70. The molecule has 0 heterocycles. The summed E-state index contributed by atoms with van der Waals surface area (Å²) in [7, 11) is 1.73. The molecule has 0 aliphatic heterocycles. The number of ketones is 1. The second kappa shape index (κ2) is 4.47. The normalized spacial score (nSPS) is 27.9. The smallest absolute Gasteiger partial charge is 0.136 e. The number of carbonyl (C=O) groups is 1. The Kier molecular flexibility index (Phi) is 2.73. The molecule has 0 saturated heterocycles. The summed E-state index contributed by atoms with van der Waals surface area (Å²) in [6, 6.07) is 6.48. The average Bonchev–Trinajstić information content (AvgIpc) is 2.88. The summed E-state index contributed by atoms with van der Waals surface area (Å²) in [5, 5.41) is 0. The van der Waals surface area contributed by atoms with Crippen molar-refractivity contribution in [3.63, 3.8) is 0 Å². The first-order chi connectivity index (χ1) is 9.78. The molecular weight excluding hydrogens is 248 g/mol. The van der Waals surface area contributed by atoms with Gasteiger partial charge in [0.15, 0.2) is 0 Å². The van der Waals surface area contributed by atoms with E-state index in [-0.39, 0.29) is 0 Å². The first-order valence-corrected chi connectivity index (χ1v) is 7.70. The minimum Gasteiger partial charge on any atom is -0.497 e.